The van der Waals surface area contributed by atoms with E-state index in [1.54, 1.807) is 38.5 Å². The van der Waals surface area contributed by atoms with Crippen molar-refractivity contribution in [1.82, 2.24) is 14.9 Å². The van der Waals surface area contributed by atoms with Crippen molar-refractivity contribution in [1.29, 1.82) is 0 Å². The quantitative estimate of drug-likeness (QED) is 0.841. The molecule has 1 aromatic carbocycles. The SMILES string of the molecule is CCOC(=O)CCN(C)C(=O)c1ccc2nc[nH]c2c1. The Kier molecular flexibility index (Phi) is 4.34. The zero-order valence-corrected chi connectivity index (χ0v) is 11.5. The van der Waals surface area contributed by atoms with Crippen LogP contribution in [0, 0.1) is 0 Å². The number of imidazole rings is 1. The van der Waals surface area contributed by atoms with Gasteiger partial charge in [0.15, 0.2) is 0 Å². The number of nitrogens with zero attached hydrogens (tertiary/aromatic N) is 2. The van der Waals surface area contributed by atoms with E-state index in [0.717, 1.165) is 11.0 Å². The summed E-state index contributed by atoms with van der Waals surface area (Å²) < 4.78 is 4.83. The Labute approximate surface area is 116 Å². The molecular formula is C14H17N3O3. The summed E-state index contributed by atoms with van der Waals surface area (Å²) in [6.07, 6.45) is 1.78. The first-order valence-electron chi connectivity index (χ1n) is 6.46. The molecule has 2 rings (SSSR count). The van der Waals surface area contributed by atoms with Crippen LogP contribution in [-0.4, -0.2) is 46.9 Å². The lowest BCUT2D eigenvalue weighted by atomic mass is 10.1. The molecule has 2 aromatic rings. The van der Waals surface area contributed by atoms with E-state index < -0.39 is 0 Å². The second-order valence-electron chi connectivity index (χ2n) is 4.42. The number of H-pyrrole nitrogens is 1. The van der Waals surface area contributed by atoms with Gasteiger partial charge in [0.05, 0.1) is 30.4 Å². The van der Waals surface area contributed by atoms with Crippen LogP contribution in [0.2, 0.25) is 0 Å². The number of carbonyl (C=O) groups is 2. The molecule has 0 spiro atoms. The van der Waals surface area contributed by atoms with Crippen LogP contribution in [-0.2, 0) is 9.53 Å². The highest BCUT2D eigenvalue weighted by molar-refractivity contribution is 5.97. The molecule has 0 fully saturated rings. The zero-order chi connectivity index (χ0) is 14.5. The first-order chi connectivity index (χ1) is 9.61. The molecule has 0 atom stereocenters. The lowest BCUT2D eigenvalue weighted by Gasteiger charge is -2.16. The van der Waals surface area contributed by atoms with Gasteiger partial charge in [-0.1, -0.05) is 0 Å². The summed E-state index contributed by atoms with van der Waals surface area (Å²) in [5.74, 6) is -0.429. The molecule has 0 saturated carbocycles. The van der Waals surface area contributed by atoms with Gasteiger partial charge in [-0.2, -0.15) is 0 Å². The van der Waals surface area contributed by atoms with Gasteiger partial charge in [-0.25, -0.2) is 4.98 Å². The third kappa shape index (κ3) is 3.14. The highest BCUT2D eigenvalue weighted by Gasteiger charge is 2.14. The number of benzene rings is 1. The molecule has 6 nitrogen and oxygen atoms in total. The summed E-state index contributed by atoms with van der Waals surface area (Å²) in [5, 5.41) is 0. The molecule has 0 radical (unpaired) electrons. The first kappa shape index (κ1) is 14.0. The van der Waals surface area contributed by atoms with Crippen molar-refractivity contribution in [2.75, 3.05) is 20.2 Å². The number of nitrogens with one attached hydrogen (secondary N) is 1. The number of hydrogen-bond donors (Lipinski definition) is 1. The summed E-state index contributed by atoms with van der Waals surface area (Å²) in [4.78, 5) is 32.1. The van der Waals surface area contributed by atoms with Gasteiger partial charge in [0.2, 0.25) is 0 Å². The van der Waals surface area contributed by atoms with Crippen LogP contribution < -0.4 is 0 Å². The van der Waals surface area contributed by atoms with Crippen molar-refractivity contribution in [2.24, 2.45) is 0 Å². The van der Waals surface area contributed by atoms with Gasteiger partial charge >= 0.3 is 5.97 Å². The predicted octanol–water partition coefficient (Wildman–Crippen LogP) is 1.59. The topological polar surface area (TPSA) is 75.3 Å². The van der Waals surface area contributed by atoms with Crippen LogP contribution in [0.4, 0.5) is 0 Å². The van der Waals surface area contributed by atoms with E-state index in [9.17, 15) is 9.59 Å². The van der Waals surface area contributed by atoms with Crippen molar-refractivity contribution < 1.29 is 14.3 Å². The van der Waals surface area contributed by atoms with E-state index >= 15 is 0 Å². The Morgan fingerprint density at radius 1 is 1.40 bits per heavy atom. The van der Waals surface area contributed by atoms with E-state index in [1.807, 2.05) is 0 Å². The number of hydrogen-bond acceptors (Lipinski definition) is 4. The molecule has 1 N–H and O–H groups in total. The fraction of sp³-hybridized carbons (Fsp3) is 0.357. The number of amides is 1. The number of esters is 1. The van der Waals surface area contributed by atoms with Gasteiger partial charge in [-0.3, -0.25) is 9.59 Å². The maximum absolute atomic E-state index is 12.2. The number of aromatic nitrogens is 2. The van der Waals surface area contributed by atoms with Gasteiger partial charge in [-0.15, -0.1) is 0 Å². The average molecular weight is 275 g/mol. The number of carbonyl (C=O) groups excluding carboxylic acids is 2. The number of rotatable bonds is 5. The molecule has 0 unspecified atom stereocenters. The molecule has 20 heavy (non-hydrogen) atoms. The summed E-state index contributed by atoms with van der Waals surface area (Å²) in [7, 11) is 1.67. The minimum Gasteiger partial charge on any atom is -0.466 e. The monoisotopic (exact) mass is 275 g/mol. The first-order valence-corrected chi connectivity index (χ1v) is 6.46. The summed E-state index contributed by atoms with van der Waals surface area (Å²) in [6.45, 7) is 2.44. The maximum Gasteiger partial charge on any atom is 0.307 e. The third-order valence-corrected chi connectivity index (χ3v) is 2.97. The summed E-state index contributed by atoms with van der Waals surface area (Å²) in [5.41, 5.74) is 2.19. The summed E-state index contributed by atoms with van der Waals surface area (Å²) >= 11 is 0. The molecule has 1 heterocycles. The van der Waals surface area contributed by atoms with Crippen LogP contribution >= 0.6 is 0 Å². The third-order valence-electron chi connectivity index (χ3n) is 2.97. The highest BCUT2D eigenvalue weighted by atomic mass is 16.5. The normalized spacial score (nSPS) is 10.5. The molecule has 106 valence electrons. The molecule has 0 aliphatic carbocycles. The van der Waals surface area contributed by atoms with Gasteiger partial charge in [-0.05, 0) is 25.1 Å². The van der Waals surface area contributed by atoms with Crippen molar-refractivity contribution in [3.05, 3.63) is 30.1 Å². The Morgan fingerprint density at radius 3 is 2.95 bits per heavy atom. The number of fused-ring (bicyclic) bond motifs is 1. The van der Waals surface area contributed by atoms with Crippen LogP contribution in [0.15, 0.2) is 24.5 Å². The van der Waals surface area contributed by atoms with Crippen LogP contribution in [0.5, 0.6) is 0 Å². The lowest BCUT2D eigenvalue weighted by Crippen LogP contribution is -2.29. The minimum atomic E-state index is -0.295. The standard InChI is InChI=1S/C14H17N3O3/c1-3-20-13(18)6-7-17(2)14(19)10-4-5-11-12(8-10)16-9-15-11/h4-5,8-9H,3,6-7H2,1-2H3,(H,15,16). The van der Waals surface area contributed by atoms with Gasteiger partial charge in [0.1, 0.15) is 0 Å². The fourth-order valence-electron chi connectivity index (χ4n) is 1.88. The Bertz CT molecular complexity index is 621. The van der Waals surface area contributed by atoms with Crippen molar-refractivity contribution in [3.63, 3.8) is 0 Å². The number of aromatic amines is 1. The van der Waals surface area contributed by atoms with Crippen molar-refractivity contribution in [2.45, 2.75) is 13.3 Å². The van der Waals surface area contributed by atoms with Gasteiger partial charge in [0, 0.05) is 19.2 Å². The zero-order valence-electron chi connectivity index (χ0n) is 11.5. The molecule has 6 heteroatoms. The Balaban J connectivity index is 2.00. The van der Waals surface area contributed by atoms with E-state index in [0.29, 0.717) is 18.7 Å². The van der Waals surface area contributed by atoms with Gasteiger partial charge in [0.25, 0.3) is 5.91 Å². The summed E-state index contributed by atoms with van der Waals surface area (Å²) in [6, 6.07) is 5.27. The fourth-order valence-corrected chi connectivity index (χ4v) is 1.88. The average Bonchev–Trinajstić information content (AvgIpc) is 2.91. The van der Waals surface area contributed by atoms with E-state index in [2.05, 4.69) is 9.97 Å². The second-order valence-corrected chi connectivity index (χ2v) is 4.42. The Hall–Kier alpha value is -2.37. The lowest BCUT2D eigenvalue weighted by molar-refractivity contribution is -0.143. The van der Waals surface area contributed by atoms with Crippen LogP contribution in [0.3, 0.4) is 0 Å². The molecular weight excluding hydrogens is 258 g/mol. The minimum absolute atomic E-state index is 0.134. The smallest absolute Gasteiger partial charge is 0.307 e. The molecule has 0 aliphatic rings. The van der Waals surface area contributed by atoms with Crippen molar-refractivity contribution >= 4 is 22.9 Å². The highest BCUT2D eigenvalue weighted by Crippen LogP contribution is 2.13. The van der Waals surface area contributed by atoms with Crippen LogP contribution in [0.1, 0.15) is 23.7 Å². The van der Waals surface area contributed by atoms with Crippen molar-refractivity contribution in [3.8, 4) is 0 Å². The Morgan fingerprint density at radius 2 is 2.20 bits per heavy atom. The van der Waals surface area contributed by atoms with E-state index in [-0.39, 0.29) is 18.3 Å². The molecule has 0 saturated heterocycles. The number of ether oxygens (including phenoxy) is 1. The van der Waals surface area contributed by atoms with Gasteiger partial charge < -0.3 is 14.6 Å². The largest absolute Gasteiger partial charge is 0.466 e. The molecule has 0 bridgehead atoms. The molecule has 0 aliphatic heterocycles. The van der Waals surface area contributed by atoms with E-state index in [1.165, 1.54) is 4.90 Å². The second kappa shape index (κ2) is 6.18. The molecule has 1 amide bonds. The van der Waals surface area contributed by atoms with Crippen LogP contribution in [0.25, 0.3) is 11.0 Å². The van der Waals surface area contributed by atoms with E-state index in [4.69, 9.17) is 4.74 Å². The predicted molar refractivity (Wildman–Crippen MR) is 74.3 cm³/mol. The molecule has 1 aromatic heterocycles. The maximum atomic E-state index is 12.2.